The van der Waals surface area contributed by atoms with Crippen molar-refractivity contribution in [1.82, 2.24) is 4.98 Å². The summed E-state index contributed by atoms with van der Waals surface area (Å²) in [7, 11) is 1.90. The molecule has 0 bridgehead atoms. The third-order valence-corrected chi connectivity index (χ3v) is 6.51. The minimum atomic E-state index is -2.23. The van der Waals surface area contributed by atoms with Crippen molar-refractivity contribution in [3.05, 3.63) is 95.8 Å². The molecule has 0 radical (unpaired) electrons. The number of furan rings is 1. The molecule has 3 aromatic carbocycles. The number of rotatable bonds is 2. The standard InChI is InChI=1S/C30H25N2O/c1-18-14-28-26(29-23-13-9-8-12-22(23)20(3)31-30(29)33-28)15-25(18)27-16-24(19(2)17-32(27)4)21-10-6-5-7-11-21/h5-17H,1-4H3/q+1/i2D3. The van der Waals surface area contributed by atoms with Gasteiger partial charge in [-0.05, 0) is 54.9 Å². The second-order valence-electron chi connectivity index (χ2n) is 8.65. The Morgan fingerprint density at radius 1 is 0.818 bits per heavy atom. The highest BCUT2D eigenvalue weighted by atomic mass is 16.3. The number of nitrogens with zero attached hydrogens (tertiary/aromatic N) is 2. The monoisotopic (exact) mass is 432 g/mol. The maximum Gasteiger partial charge on any atom is 0.228 e. The van der Waals surface area contributed by atoms with Crippen molar-refractivity contribution in [3.63, 3.8) is 0 Å². The molecule has 3 nitrogen and oxygen atoms in total. The summed E-state index contributed by atoms with van der Waals surface area (Å²) >= 11 is 0. The smallest absolute Gasteiger partial charge is 0.228 e. The second-order valence-corrected chi connectivity index (χ2v) is 8.65. The number of aryl methyl sites for hydroxylation is 4. The summed E-state index contributed by atoms with van der Waals surface area (Å²) < 4.78 is 32.6. The van der Waals surface area contributed by atoms with E-state index in [4.69, 9.17) is 13.5 Å². The van der Waals surface area contributed by atoms with Crippen molar-refractivity contribution < 1.29 is 13.1 Å². The highest BCUT2D eigenvalue weighted by Gasteiger charge is 2.20. The number of pyridine rings is 2. The van der Waals surface area contributed by atoms with Crippen LogP contribution in [0, 0.1) is 20.7 Å². The topological polar surface area (TPSA) is 29.9 Å². The van der Waals surface area contributed by atoms with Gasteiger partial charge < -0.3 is 4.42 Å². The van der Waals surface area contributed by atoms with Gasteiger partial charge in [0.1, 0.15) is 12.6 Å². The maximum absolute atomic E-state index is 8.15. The Balaban J connectivity index is 1.67. The summed E-state index contributed by atoms with van der Waals surface area (Å²) in [6.07, 6.45) is 1.74. The molecule has 0 aliphatic rings. The lowest BCUT2D eigenvalue weighted by Gasteiger charge is -2.10. The van der Waals surface area contributed by atoms with Gasteiger partial charge in [-0.3, -0.25) is 0 Å². The first-order valence-corrected chi connectivity index (χ1v) is 11.0. The van der Waals surface area contributed by atoms with Gasteiger partial charge in [-0.1, -0.05) is 54.6 Å². The number of benzene rings is 3. The van der Waals surface area contributed by atoms with Gasteiger partial charge in [0.05, 0.1) is 5.39 Å². The van der Waals surface area contributed by atoms with Crippen LogP contribution < -0.4 is 4.57 Å². The van der Waals surface area contributed by atoms with E-state index in [9.17, 15) is 0 Å². The van der Waals surface area contributed by atoms with Crippen LogP contribution in [0.5, 0.6) is 0 Å². The van der Waals surface area contributed by atoms with Gasteiger partial charge in [0.25, 0.3) is 0 Å². The van der Waals surface area contributed by atoms with E-state index in [1.807, 2.05) is 67.1 Å². The van der Waals surface area contributed by atoms with Crippen LogP contribution in [0.1, 0.15) is 20.9 Å². The predicted octanol–water partition coefficient (Wildman–Crippen LogP) is 7.22. The van der Waals surface area contributed by atoms with E-state index < -0.39 is 6.85 Å². The van der Waals surface area contributed by atoms with Crippen molar-refractivity contribution in [1.29, 1.82) is 0 Å². The maximum atomic E-state index is 8.15. The fraction of sp³-hybridized carbons (Fsp3) is 0.133. The van der Waals surface area contributed by atoms with Crippen LogP contribution in [0.4, 0.5) is 0 Å². The zero-order valence-electron chi connectivity index (χ0n) is 21.8. The van der Waals surface area contributed by atoms with Crippen molar-refractivity contribution in [2.24, 2.45) is 7.05 Å². The van der Waals surface area contributed by atoms with E-state index in [1.165, 1.54) is 0 Å². The lowest BCUT2D eigenvalue weighted by Crippen LogP contribution is -2.31. The summed E-state index contributed by atoms with van der Waals surface area (Å²) in [5.74, 6) is 0. The summed E-state index contributed by atoms with van der Waals surface area (Å²) in [6.45, 7) is 1.82. The molecule has 0 fully saturated rings. The number of hydrogen-bond donors (Lipinski definition) is 0. The lowest BCUT2D eigenvalue weighted by molar-refractivity contribution is -0.660. The zero-order chi connectivity index (χ0) is 25.2. The molecule has 3 heterocycles. The fourth-order valence-corrected chi connectivity index (χ4v) is 4.85. The number of hydrogen-bond acceptors (Lipinski definition) is 2. The van der Waals surface area contributed by atoms with Crippen LogP contribution in [0.2, 0.25) is 0 Å². The zero-order valence-corrected chi connectivity index (χ0v) is 18.8. The number of aromatic nitrogens is 2. The largest absolute Gasteiger partial charge is 0.438 e. The molecular formula is C30H25N2O+. The van der Waals surface area contributed by atoms with E-state index in [2.05, 4.69) is 31.2 Å². The van der Waals surface area contributed by atoms with Crippen LogP contribution in [0.3, 0.4) is 0 Å². The van der Waals surface area contributed by atoms with Crippen molar-refractivity contribution in [2.75, 3.05) is 0 Å². The average Bonchev–Trinajstić information content (AvgIpc) is 3.20. The minimum absolute atomic E-state index is 0.332. The van der Waals surface area contributed by atoms with Gasteiger partial charge in [-0.15, -0.1) is 0 Å². The third-order valence-electron chi connectivity index (χ3n) is 6.51. The van der Waals surface area contributed by atoms with Gasteiger partial charge in [0.2, 0.25) is 11.4 Å². The average molecular weight is 433 g/mol. The van der Waals surface area contributed by atoms with Gasteiger partial charge >= 0.3 is 0 Å². The van der Waals surface area contributed by atoms with Gasteiger partial charge in [0, 0.05) is 37.8 Å². The Morgan fingerprint density at radius 2 is 1.58 bits per heavy atom. The minimum Gasteiger partial charge on any atom is -0.438 e. The molecule has 0 atom stereocenters. The summed E-state index contributed by atoms with van der Waals surface area (Å²) in [6, 6.07) is 24.2. The molecule has 3 aromatic heterocycles. The quantitative estimate of drug-likeness (QED) is 0.270. The molecule has 6 aromatic rings. The molecular weight excluding hydrogens is 404 g/mol. The second kappa shape index (κ2) is 7.28. The fourth-order valence-electron chi connectivity index (χ4n) is 4.85. The lowest BCUT2D eigenvalue weighted by atomic mass is 9.96. The van der Waals surface area contributed by atoms with Crippen molar-refractivity contribution in [3.8, 4) is 22.4 Å². The Hall–Kier alpha value is -3.98. The predicted molar refractivity (Wildman–Crippen MR) is 135 cm³/mol. The Labute approximate surface area is 197 Å². The van der Waals surface area contributed by atoms with Crippen molar-refractivity contribution >= 4 is 32.8 Å². The Morgan fingerprint density at radius 3 is 2.36 bits per heavy atom. The van der Waals surface area contributed by atoms with Crippen LogP contribution in [0.15, 0.2) is 83.4 Å². The van der Waals surface area contributed by atoms with Crippen LogP contribution in [0.25, 0.3) is 55.2 Å². The number of fused-ring (bicyclic) bond motifs is 5. The van der Waals surface area contributed by atoms with E-state index in [0.717, 1.165) is 55.2 Å². The first-order chi connectivity index (χ1) is 17.2. The molecule has 0 unspecified atom stereocenters. The highest BCUT2D eigenvalue weighted by molar-refractivity contribution is 6.18. The van der Waals surface area contributed by atoms with Crippen LogP contribution >= 0.6 is 0 Å². The Kier molecular flexibility index (Phi) is 3.67. The first kappa shape index (κ1) is 16.6. The summed E-state index contributed by atoms with van der Waals surface area (Å²) in [5, 5.41) is 4.21. The normalized spacial score (nSPS) is 13.4. The third kappa shape index (κ3) is 3.04. The molecule has 0 saturated heterocycles. The van der Waals surface area contributed by atoms with Crippen LogP contribution in [-0.4, -0.2) is 4.98 Å². The Bertz CT molecular complexity index is 1800. The molecule has 0 aliphatic carbocycles. The van der Waals surface area contributed by atoms with E-state index >= 15 is 0 Å². The summed E-state index contributed by atoms with van der Waals surface area (Å²) in [4.78, 5) is 4.75. The van der Waals surface area contributed by atoms with Crippen LogP contribution in [-0.2, 0) is 7.05 Å². The molecule has 0 amide bonds. The SMILES string of the molecule is [2H]C([2H])([2H])c1c[n+](C)c(-c2cc3c(cc2C)oc2nc(C)c4ccccc4c23)cc1-c1ccccc1. The highest BCUT2D eigenvalue weighted by Crippen LogP contribution is 2.38. The summed E-state index contributed by atoms with van der Waals surface area (Å²) in [5.41, 5.74) is 7.27. The molecule has 0 aliphatic heterocycles. The molecule has 0 spiro atoms. The van der Waals surface area contributed by atoms with E-state index in [1.54, 1.807) is 6.20 Å². The molecule has 0 N–H and O–H groups in total. The van der Waals surface area contributed by atoms with E-state index in [0.29, 0.717) is 16.8 Å². The van der Waals surface area contributed by atoms with Gasteiger partial charge in [0.15, 0.2) is 6.20 Å². The van der Waals surface area contributed by atoms with Gasteiger partial charge in [-0.2, -0.15) is 0 Å². The molecule has 3 heteroatoms. The van der Waals surface area contributed by atoms with Gasteiger partial charge in [-0.25, -0.2) is 9.55 Å². The first-order valence-electron chi connectivity index (χ1n) is 12.5. The van der Waals surface area contributed by atoms with Crippen molar-refractivity contribution in [2.45, 2.75) is 20.7 Å². The molecule has 33 heavy (non-hydrogen) atoms. The molecule has 160 valence electrons. The van der Waals surface area contributed by atoms with E-state index in [-0.39, 0.29) is 0 Å². The molecule has 6 rings (SSSR count). The molecule has 0 saturated carbocycles.